The summed E-state index contributed by atoms with van der Waals surface area (Å²) in [7, 11) is 0. The molecule has 0 saturated carbocycles. The van der Waals surface area contributed by atoms with Crippen molar-refractivity contribution in [1.29, 1.82) is 5.26 Å². The van der Waals surface area contributed by atoms with Crippen LogP contribution in [-0.2, 0) is 15.3 Å². The molecule has 0 radical (unpaired) electrons. The first-order valence-corrected chi connectivity index (χ1v) is 11.0. The van der Waals surface area contributed by atoms with Gasteiger partial charge in [0.1, 0.15) is 6.07 Å². The zero-order valence-electron chi connectivity index (χ0n) is 16.5. The van der Waals surface area contributed by atoms with Crippen LogP contribution in [0.3, 0.4) is 0 Å². The van der Waals surface area contributed by atoms with Gasteiger partial charge in [-0.2, -0.15) is 5.26 Å². The third kappa shape index (κ3) is 4.75. The SMILES string of the molecule is CCOC(=O)/C=C/c1c(SCc2ccc(Br)cc2)c(C#N)c2c(C)cc(C)cn12. The normalized spacial score (nSPS) is 11.1. The number of benzene rings is 1. The number of pyridine rings is 1. The first-order valence-electron chi connectivity index (χ1n) is 9.22. The largest absolute Gasteiger partial charge is 0.463 e. The first kappa shape index (κ1) is 21.2. The van der Waals surface area contributed by atoms with E-state index in [0.717, 1.165) is 43.0 Å². The van der Waals surface area contributed by atoms with E-state index >= 15 is 0 Å². The molecule has 3 aromatic rings. The molecule has 0 unspecified atom stereocenters. The number of halogens is 1. The van der Waals surface area contributed by atoms with E-state index in [1.807, 2.05) is 36.6 Å². The van der Waals surface area contributed by atoms with Gasteiger partial charge in [0.2, 0.25) is 0 Å². The molecule has 4 nitrogen and oxygen atoms in total. The van der Waals surface area contributed by atoms with Crippen molar-refractivity contribution in [3.05, 3.63) is 75.0 Å². The number of aromatic nitrogens is 1. The zero-order chi connectivity index (χ0) is 21.0. The molecular weight excluding hydrogens is 448 g/mol. The van der Waals surface area contributed by atoms with Crippen LogP contribution in [0.15, 0.2) is 52.0 Å². The molecule has 3 rings (SSSR count). The quantitative estimate of drug-likeness (QED) is 0.250. The van der Waals surface area contributed by atoms with Crippen LogP contribution < -0.4 is 0 Å². The van der Waals surface area contributed by atoms with Crippen LogP contribution in [0.2, 0.25) is 0 Å². The number of hydrogen-bond donors (Lipinski definition) is 0. The molecular formula is C23H21BrN2O2S. The minimum absolute atomic E-state index is 0.324. The maximum Gasteiger partial charge on any atom is 0.330 e. The third-order valence-electron chi connectivity index (χ3n) is 4.42. The Morgan fingerprint density at radius 2 is 2.03 bits per heavy atom. The lowest BCUT2D eigenvalue weighted by atomic mass is 10.1. The van der Waals surface area contributed by atoms with Crippen molar-refractivity contribution >= 4 is 45.3 Å². The number of ether oxygens (including phenoxy) is 1. The van der Waals surface area contributed by atoms with Crippen LogP contribution in [0.25, 0.3) is 11.6 Å². The average molecular weight is 469 g/mol. The lowest BCUT2D eigenvalue weighted by molar-refractivity contribution is -0.137. The van der Waals surface area contributed by atoms with E-state index in [2.05, 4.69) is 40.2 Å². The van der Waals surface area contributed by atoms with Crippen LogP contribution >= 0.6 is 27.7 Å². The van der Waals surface area contributed by atoms with Crippen molar-refractivity contribution in [2.45, 2.75) is 31.4 Å². The molecule has 29 heavy (non-hydrogen) atoms. The molecule has 148 valence electrons. The fourth-order valence-electron chi connectivity index (χ4n) is 3.24. The maximum absolute atomic E-state index is 11.9. The van der Waals surface area contributed by atoms with Crippen molar-refractivity contribution in [1.82, 2.24) is 4.40 Å². The van der Waals surface area contributed by atoms with Gasteiger partial charge in [-0.05, 0) is 55.7 Å². The molecule has 0 fully saturated rings. The summed E-state index contributed by atoms with van der Waals surface area (Å²) < 4.78 is 8.06. The maximum atomic E-state index is 11.9. The molecule has 0 aliphatic carbocycles. The number of nitriles is 1. The number of hydrogen-bond acceptors (Lipinski definition) is 4. The standard InChI is InChI=1S/C23H21BrN2O2S/c1-4-28-21(27)10-9-20-23(29-14-17-5-7-18(24)8-6-17)19(12-25)22-16(3)11-15(2)13-26(20)22/h5-11,13H,4,14H2,1-3H3/b10-9+. The summed E-state index contributed by atoms with van der Waals surface area (Å²) >= 11 is 5.06. The molecule has 0 atom stereocenters. The van der Waals surface area contributed by atoms with E-state index in [9.17, 15) is 10.1 Å². The van der Waals surface area contributed by atoms with Gasteiger partial charge in [-0.15, -0.1) is 11.8 Å². The molecule has 0 amide bonds. The lowest BCUT2D eigenvalue weighted by Crippen LogP contribution is -1.99. The van der Waals surface area contributed by atoms with Crippen molar-refractivity contribution in [2.75, 3.05) is 6.61 Å². The summed E-state index contributed by atoms with van der Waals surface area (Å²) in [5.41, 5.74) is 5.60. The second kappa shape index (κ2) is 9.34. The molecule has 2 heterocycles. The topological polar surface area (TPSA) is 54.5 Å². The summed E-state index contributed by atoms with van der Waals surface area (Å²) in [6.45, 7) is 6.13. The molecule has 0 N–H and O–H groups in total. The number of aryl methyl sites for hydroxylation is 2. The summed E-state index contributed by atoms with van der Waals surface area (Å²) in [6, 6.07) is 12.6. The van der Waals surface area contributed by atoms with Crippen LogP contribution in [0.1, 0.15) is 34.9 Å². The Bertz CT molecular complexity index is 1120. The van der Waals surface area contributed by atoms with E-state index < -0.39 is 5.97 Å². The van der Waals surface area contributed by atoms with Gasteiger partial charge >= 0.3 is 5.97 Å². The fraction of sp³-hybridized carbons (Fsp3) is 0.217. The number of carbonyl (C=O) groups excluding carboxylic acids is 1. The van der Waals surface area contributed by atoms with Gasteiger partial charge in [0.05, 0.1) is 28.3 Å². The molecule has 6 heteroatoms. The zero-order valence-corrected chi connectivity index (χ0v) is 18.9. The summed E-state index contributed by atoms with van der Waals surface area (Å²) in [6.07, 6.45) is 5.17. The van der Waals surface area contributed by atoms with E-state index in [1.54, 1.807) is 24.8 Å². The monoisotopic (exact) mass is 468 g/mol. The van der Waals surface area contributed by atoms with Gasteiger partial charge in [-0.25, -0.2) is 4.79 Å². The predicted octanol–water partition coefficient (Wildman–Crippen LogP) is 6.06. The molecule has 0 spiro atoms. The minimum atomic E-state index is -0.394. The number of carbonyl (C=O) groups is 1. The predicted molar refractivity (Wildman–Crippen MR) is 121 cm³/mol. The molecule has 0 aliphatic rings. The Labute approximate surface area is 183 Å². The van der Waals surface area contributed by atoms with Crippen molar-refractivity contribution in [2.24, 2.45) is 0 Å². The number of fused-ring (bicyclic) bond motifs is 1. The van der Waals surface area contributed by atoms with Gasteiger partial charge in [0.15, 0.2) is 0 Å². The highest BCUT2D eigenvalue weighted by Gasteiger charge is 2.19. The van der Waals surface area contributed by atoms with E-state index in [0.29, 0.717) is 12.2 Å². The highest BCUT2D eigenvalue weighted by Crippen LogP contribution is 2.36. The lowest BCUT2D eigenvalue weighted by Gasteiger charge is -2.05. The van der Waals surface area contributed by atoms with Crippen LogP contribution in [-0.4, -0.2) is 17.0 Å². The molecule has 2 aromatic heterocycles. The van der Waals surface area contributed by atoms with Gasteiger partial charge in [0.25, 0.3) is 0 Å². The van der Waals surface area contributed by atoms with E-state index in [1.165, 1.54) is 6.08 Å². The number of esters is 1. The van der Waals surface area contributed by atoms with Crippen LogP contribution in [0.5, 0.6) is 0 Å². The second-order valence-electron chi connectivity index (χ2n) is 6.62. The van der Waals surface area contributed by atoms with E-state index in [-0.39, 0.29) is 0 Å². The Morgan fingerprint density at radius 1 is 1.31 bits per heavy atom. The molecule has 0 saturated heterocycles. The Kier molecular flexibility index (Phi) is 6.83. The Morgan fingerprint density at radius 3 is 2.69 bits per heavy atom. The smallest absolute Gasteiger partial charge is 0.330 e. The van der Waals surface area contributed by atoms with Crippen molar-refractivity contribution < 1.29 is 9.53 Å². The average Bonchev–Trinajstić information content (AvgIpc) is 2.98. The van der Waals surface area contributed by atoms with Gasteiger partial charge in [-0.3, -0.25) is 0 Å². The molecule has 0 aliphatic heterocycles. The highest BCUT2D eigenvalue weighted by atomic mass is 79.9. The van der Waals surface area contributed by atoms with Crippen molar-refractivity contribution in [3.63, 3.8) is 0 Å². The highest BCUT2D eigenvalue weighted by molar-refractivity contribution is 9.10. The first-order chi connectivity index (χ1) is 13.9. The summed E-state index contributed by atoms with van der Waals surface area (Å²) in [5.74, 6) is 0.325. The Hall–Kier alpha value is -2.49. The second-order valence-corrected chi connectivity index (χ2v) is 8.52. The van der Waals surface area contributed by atoms with Crippen LogP contribution in [0, 0.1) is 25.2 Å². The van der Waals surface area contributed by atoms with Gasteiger partial charge < -0.3 is 9.14 Å². The minimum Gasteiger partial charge on any atom is -0.463 e. The van der Waals surface area contributed by atoms with Gasteiger partial charge in [0, 0.05) is 22.5 Å². The van der Waals surface area contributed by atoms with Gasteiger partial charge in [-0.1, -0.05) is 34.1 Å². The van der Waals surface area contributed by atoms with E-state index in [4.69, 9.17) is 4.74 Å². The number of thioether (sulfide) groups is 1. The fourth-order valence-corrected chi connectivity index (χ4v) is 4.61. The number of rotatable bonds is 6. The summed E-state index contributed by atoms with van der Waals surface area (Å²) in [5, 5.41) is 9.92. The van der Waals surface area contributed by atoms with Crippen LogP contribution in [0.4, 0.5) is 0 Å². The molecule has 1 aromatic carbocycles. The Balaban J connectivity index is 2.11. The third-order valence-corrected chi connectivity index (χ3v) is 6.13. The number of nitrogens with zero attached hydrogens (tertiary/aromatic N) is 2. The molecule has 0 bridgehead atoms. The summed E-state index contributed by atoms with van der Waals surface area (Å²) in [4.78, 5) is 12.8. The van der Waals surface area contributed by atoms with Crippen molar-refractivity contribution in [3.8, 4) is 6.07 Å².